The van der Waals surface area contributed by atoms with Gasteiger partial charge in [0.15, 0.2) is 0 Å². The fraction of sp³-hybridized carbons (Fsp3) is 0.571. The first-order chi connectivity index (χ1) is 7.77. The first-order valence-corrected chi connectivity index (χ1v) is 6.29. The first-order valence-electron chi connectivity index (χ1n) is 6.29. The van der Waals surface area contributed by atoms with E-state index in [1.54, 1.807) is 0 Å². The van der Waals surface area contributed by atoms with Crippen molar-refractivity contribution in [3.05, 3.63) is 35.4 Å². The molecule has 88 valence electrons. The van der Waals surface area contributed by atoms with Gasteiger partial charge in [-0.2, -0.15) is 0 Å². The molecule has 2 rings (SSSR count). The minimum absolute atomic E-state index is 0.212. The normalized spacial score (nSPS) is 19.6. The topological polar surface area (TPSA) is 38.0 Å². The molecule has 1 aliphatic heterocycles. The molecule has 1 saturated heterocycles. The van der Waals surface area contributed by atoms with Crippen LogP contribution in [0.3, 0.4) is 0 Å². The molecule has 1 fully saturated rings. The summed E-state index contributed by atoms with van der Waals surface area (Å²) in [6, 6.07) is 8.70. The molecular weight excluding hydrogens is 196 g/mol. The minimum Gasteiger partial charge on any atom is -0.324 e. The number of piperidine rings is 1. The van der Waals surface area contributed by atoms with Gasteiger partial charge in [0.1, 0.15) is 0 Å². The second-order valence-electron chi connectivity index (χ2n) is 4.89. The molecule has 0 aliphatic carbocycles. The Balaban J connectivity index is 1.96. The molecule has 1 aromatic rings. The maximum atomic E-state index is 6.31. The van der Waals surface area contributed by atoms with Crippen molar-refractivity contribution in [1.29, 1.82) is 0 Å². The van der Waals surface area contributed by atoms with E-state index >= 15 is 0 Å². The lowest BCUT2D eigenvalue weighted by atomic mass is 9.87. The molecule has 2 nitrogen and oxygen atoms in total. The molecule has 16 heavy (non-hydrogen) atoms. The monoisotopic (exact) mass is 218 g/mol. The summed E-state index contributed by atoms with van der Waals surface area (Å²) >= 11 is 0. The molecule has 3 N–H and O–H groups in total. The Hall–Kier alpha value is -0.860. The third-order valence-electron chi connectivity index (χ3n) is 3.63. The highest BCUT2D eigenvalue weighted by atomic mass is 14.9. The predicted octanol–water partition coefficient (Wildman–Crippen LogP) is 2.38. The van der Waals surface area contributed by atoms with E-state index in [0.29, 0.717) is 0 Å². The van der Waals surface area contributed by atoms with Gasteiger partial charge >= 0.3 is 0 Å². The van der Waals surface area contributed by atoms with Gasteiger partial charge < -0.3 is 11.1 Å². The van der Waals surface area contributed by atoms with Crippen molar-refractivity contribution in [3.63, 3.8) is 0 Å². The zero-order valence-corrected chi connectivity index (χ0v) is 10.1. The standard InChI is InChI=1S/C14H22N2/c1-11-4-2-3-5-13(11)14(15)10-12-6-8-16-9-7-12/h2-5,12,14,16H,6-10,15H2,1H3. The number of hydrogen-bond donors (Lipinski definition) is 2. The van der Waals surface area contributed by atoms with E-state index in [2.05, 4.69) is 36.5 Å². The lowest BCUT2D eigenvalue weighted by molar-refractivity contribution is 0.332. The molecule has 2 heteroatoms. The quantitative estimate of drug-likeness (QED) is 0.817. The fourth-order valence-electron chi connectivity index (χ4n) is 2.61. The van der Waals surface area contributed by atoms with E-state index in [1.165, 1.54) is 24.0 Å². The summed E-state index contributed by atoms with van der Waals surface area (Å²) in [6.07, 6.45) is 3.69. The van der Waals surface area contributed by atoms with Crippen LogP contribution < -0.4 is 11.1 Å². The molecule has 0 aromatic heterocycles. The van der Waals surface area contributed by atoms with Crippen LogP contribution in [0.1, 0.15) is 36.4 Å². The second-order valence-corrected chi connectivity index (χ2v) is 4.89. The Labute approximate surface area is 98.2 Å². The highest BCUT2D eigenvalue weighted by Crippen LogP contribution is 2.26. The molecule has 1 atom stereocenters. The number of nitrogens with two attached hydrogens (primary N) is 1. The largest absolute Gasteiger partial charge is 0.324 e. The van der Waals surface area contributed by atoms with Crippen molar-refractivity contribution in [1.82, 2.24) is 5.32 Å². The van der Waals surface area contributed by atoms with Crippen LogP contribution in [0.2, 0.25) is 0 Å². The van der Waals surface area contributed by atoms with Gasteiger partial charge in [-0.1, -0.05) is 24.3 Å². The maximum absolute atomic E-state index is 6.31. The summed E-state index contributed by atoms with van der Waals surface area (Å²) in [7, 11) is 0. The van der Waals surface area contributed by atoms with Crippen LogP contribution in [0.5, 0.6) is 0 Å². The van der Waals surface area contributed by atoms with Crippen molar-refractivity contribution in [2.45, 2.75) is 32.2 Å². The minimum atomic E-state index is 0.212. The average Bonchev–Trinajstić information content (AvgIpc) is 2.31. The molecular formula is C14H22N2. The molecule has 0 amide bonds. The summed E-state index contributed by atoms with van der Waals surface area (Å²) in [5.41, 5.74) is 8.95. The van der Waals surface area contributed by atoms with Crippen molar-refractivity contribution in [2.75, 3.05) is 13.1 Å². The van der Waals surface area contributed by atoms with Gasteiger partial charge in [-0.3, -0.25) is 0 Å². The first kappa shape index (κ1) is 11.6. The number of nitrogens with one attached hydrogen (secondary N) is 1. The molecule has 0 spiro atoms. The Kier molecular flexibility index (Phi) is 3.97. The number of aryl methyl sites for hydroxylation is 1. The third kappa shape index (κ3) is 2.83. The van der Waals surface area contributed by atoms with E-state index in [0.717, 1.165) is 25.4 Å². The fourth-order valence-corrected chi connectivity index (χ4v) is 2.61. The summed E-state index contributed by atoms with van der Waals surface area (Å²) < 4.78 is 0. The van der Waals surface area contributed by atoms with Crippen LogP contribution in [-0.4, -0.2) is 13.1 Å². The van der Waals surface area contributed by atoms with E-state index in [-0.39, 0.29) is 6.04 Å². The van der Waals surface area contributed by atoms with Crippen molar-refractivity contribution >= 4 is 0 Å². The van der Waals surface area contributed by atoms with Crippen LogP contribution in [0.15, 0.2) is 24.3 Å². The Morgan fingerprint density at radius 2 is 2.00 bits per heavy atom. The molecule has 1 aromatic carbocycles. The smallest absolute Gasteiger partial charge is 0.0300 e. The van der Waals surface area contributed by atoms with Gasteiger partial charge in [-0.15, -0.1) is 0 Å². The number of benzene rings is 1. The summed E-state index contributed by atoms with van der Waals surface area (Å²) in [6.45, 7) is 4.47. The zero-order valence-electron chi connectivity index (χ0n) is 10.1. The van der Waals surface area contributed by atoms with Crippen LogP contribution >= 0.6 is 0 Å². The Morgan fingerprint density at radius 1 is 1.31 bits per heavy atom. The summed E-state index contributed by atoms with van der Waals surface area (Å²) in [4.78, 5) is 0. The van der Waals surface area contributed by atoms with Crippen molar-refractivity contribution in [3.8, 4) is 0 Å². The summed E-state index contributed by atoms with van der Waals surface area (Å²) in [5, 5.41) is 3.40. The SMILES string of the molecule is Cc1ccccc1C(N)CC1CCNCC1. The highest BCUT2D eigenvalue weighted by molar-refractivity contribution is 5.28. The zero-order chi connectivity index (χ0) is 11.4. The lowest BCUT2D eigenvalue weighted by Crippen LogP contribution is -2.29. The highest BCUT2D eigenvalue weighted by Gasteiger charge is 2.18. The van der Waals surface area contributed by atoms with Crippen LogP contribution in [0.25, 0.3) is 0 Å². The van der Waals surface area contributed by atoms with E-state index in [9.17, 15) is 0 Å². The molecule has 1 heterocycles. The van der Waals surface area contributed by atoms with Crippen LogP contribution in [-0.2, 0) is 0 Å². The number of hydrogen-bond acceptors (Lipinski definition) is 2. The lowest BCUT2D eigenvalue weighted by Gasteiger charge is -2.26. The van der Waals surface area contributed by atoms with Crippen molar-refractivity contribution in [2.24, 2.45) is 11.7 Å². The molecule has 1 unspecified atom stereocenters. The van der Waals surface area contributed by atoms with Gasteiger partial charge in [0, 0.05) is 6.04 Å². The van der Waals surface area contributed by atoms with Gasteiger partial charge in [0.25, 0.3) is 0 Å². The predicted molar refractivity (Wildman–Crippen MR) is 68.3 cm³/mol. The van der Waals surface area contributed by atoms with Crippen molar-refractivity contribution < 1.29 is 0 Å². The van der Waals surface area contributed by atoms with Gasteiger partial charge in [0.2, 0.25) is 0 Å². The average molecular weight is 218 g/mol. The van der Waals surface area contributed by atoms with E-state index in [1.807, 2.05) is 0 Å². The molecule has 0 radical (unpaired) electrons. The van der Waals surface area contributed by atoms with E-state index < -0.39 is 0 Å². The second kappa shape index (κ2) is 5.46. The number of rotatable bonds is 3. The van der Waals surface area contributed by atoms with Gasteiger partial charge in [-0.05, 0) is 56.3 Å². The molecule has 0 bridgehead atoms. The maximum Gasteiger partial charge on any atom is 0.0300 e. The van der Waals surface area contributed by atoms with Gasteiger partial charge in [-0.25, -0.2) is 0 Å². The van der Waals surface area contributed by atoms with Crippen LogP contribution in [0, 0.1) is 12.8 Å². The molecule has 0 saturated carbocycles. The Morgan fingerprint density at radius 3 is 2.69 bits per heavy atom. The van der Waals surface area contributed by atoms with Gasteiger partial charge in [0.05, 0.1) is 0 Å². The molecule has 1 aliphatic rings. The summed E-state index contributed by atoms with van der Waals surface area (Å²) in [5.74, 6) is 0.802. The Bertz CT molecular complexity index is 329. The van der Waals surface area contributed by atoms with E-state index in [4.69, 9.17) is 5.73 Å². The third-order valence-corrected chi connectivity index (χ3v) is 3.63. The van der Waals surface area contributed by atoms with Crippen LogP contribution in [0.4, 0.5) is 0 Å².